The number of nitrogens with zero attached hydrogens (tertiary/aromatic N) is 1. The summed E-state index contributed by atoms with van der Waals surface area (Å²) in [4.78, 5) is 14.1. The average molecular weight is 290 g/mol. The van der Waals surface area contributed by atoms with Gasteiger partial charge in [0, 0.05) is 12.6 Å². The van der Waals surface area contributed by atoms with Gasteiger partial charge >= 0.3 is 0 Å². The maximum atomic E-state index is 13.1. The highest BCUT2D eigenvalue weighted by Crippen LogP contribution is 2.44. The van der Waals surface area contributed by atoms with Crippen molar-refractivity contribution in [1.29, 1.82) is 0 Å². The molecule has 0 atom stereocenters. The minimum atomic E-state index is -0.229. The van der Waals surface area contributed by atoms with Crippen molar-refractivity contribution in [1.82, 2.24) is 10.2 Å². The molecular weight excluding hydrogens is 267 g/mol. The predicted octanol–water partition coefficient (Wildman–Crippen LogP) is 2.56. The Balaban J connectivity index is 1.47. The van der Waals surface area contributed by atoms with E-state index in [9.17, 15) is 9.18 Å². The number of carbonyl (C=O) groups is 1. The first-order chi connectivity index (χ1) is 10.1. The third-order valence-electron chi connectivity index (χ3n) is 4.34. The van der Waals surface area contributed by atoms with Crippen LogP contribution >= 0.6 is 0 Å². The highest BCUT2D eigenvalue weighted by atomic mass is 19.1. The molecule has 0 spiro atoms. The summed E-state index contributed by atoms with van der Waals surface area (Å²) >= 11 is 0. The van der Waals surface area contributed by atoms with Crippen molar-refractivity contribution in [3.05, 3.63) is 35.6 Å². The number of amides is 1. The van der Waals surface area contributed by atoms with E-state index < -0.39 is 0 Å². The summed E-state index contributed by atoms with van der Waals surface area (Å²) in [6, 6.07) is 6.95. The fourth-order valence-corrected chi connectivity index (χ4v) is 3.01. The lowest BCUT2D eigenvalue weighted by Crippen LogP contribution is -2.43. The van der Waals surface area contributed by atoms with Gasteiger partial charge in [0.05, 0.1) is 6.54 Å². The number of hydrogen-bond acceptors (Lipinski definition) is 2. The average Bonchev–Trinajstić information content (AvgIpc) is 3.28. The molecule has 2 aliphatic rings. The zero-order valence-corrected chi connectivity index (χ0v) is 12.5. The number of nitrogens with one attached hydrogen (secondary N) is 1. The standard InChI is InChI=1S/C17H23FN2O/c1-20(10-12-3-2-4-15(18)9-12)11-16(21)19-17(13-5-6-13)14-7-8-14/h2-4,9,13-14,17H,5-8,10-11H2,1H3,(H,19,21). The van der Waals surface area contributed by atoms with E-state index in [1.807, 2.05) is 18.0 Å². The third kappa shape index (κ3) is 4.27. The van der Waals surface area contributed by atoms with E-state index in [4.69, 9.17) is 0 Å². The van der Waals surface area contributed by atoms with Crippen LogP contribution in [0.5, 0.6) is 0 Å². The zero-order valence-electron chi connectivity index (χ0n) is 12.5. The number of carbonyl (C=O) groups excluding carboxylic acids is 1. The summed E-state index contributed by atoms with van der Waals surface area (Å²) in [5, 5.41) is 3.21. The highest BCUT2D eigenvalue weighted by molar-refractivity contribution is 5.78. The van der Waals surface area contributed by atoms with Gasteiger partial charge in [-0.25, -0.2) is 4.39 Å². The molecule has 2 fully saturated rings. The number of halogens is 1. The second-order valence-corrected chi connectivity index (χ2v) is 6.57. The first-order valence-corrected chi connectivity index (χ1v) is 7.84. The Morgan fingerprint density at radius 1 is 1.33 bits per heavy atom. The maximum Gasteiger partial charge on any atom is 0.234 e. The Morgan fingerprint density at radius 2 is 2.00 bits per heavy atom. The van der Waals surface area contributed by atoms with Crippen LogP contribution in [0.2, 0.25) is 0 Å². The second kappa shape index (κ2) is 6.14. The molecule has 1 aromatic rings. The highest BCUT2D eigenvalue weighted by Gasteiger charge is 2.42. The summed E-state index contributed by atoms with van der Waals surface area (Å²) in [5.74, 6) is 1.30. The molecule has 3 rings (SSSR count). The van der Waals surface area contributed by atoms with E-state index in [1.54, 1.807) is 6.07 Å². The van der Waals surface area contributed by atoms with Gasteiger partial charge in [0.1, 0.15) is 5.82 Å². The normalized spacial score (nSPS) is 18.3. The van der Waals surface area contributed by atoms with Crippen LogP contribution in [-0.4, -0.2) is 30.4 Å². The monoisotopic (exact) mass is 290 g/mol. The lowest BCUT2D eigenvalue weighted by atomic mass is 10.1. The Hall–Kier alpha value is -1.42. The molecule has 21 heavy (non-hydrogen) atoms. The topological polar surface area (TPSA) is 32.3 Å². The fourth-order valence-electron chi connectivity index (χ4n) is 3.01. The van der Waals surface area contributed by atoms with Crippen molar-refractivity contribution in [3.63, 3.8) is 0 Å². The lowest BCUT2D eigenvalue weighted by Gasteiger charge is -2.21. The molecule has 0 aromatic heterocycles. The van der Waals surface area contributed by atoms with Gasteiger partial charge < -0.3 is 5.32 Å². The Labute approximate surface area is 125 Å². The molecule has 1 amide bonds. The molecule has 3 nitrogen and oxygen atoms in total. The molecule has 114 valence electrons. The molecule has 0 heterocycles. The molecule has 2 saturated carbocycles. The molecule has 0 saturated heterocycles. The van der Waals surface area contributed by atoms with Crippen LogP contribution in [0, 0.1) is 17.7 Å². The quantitative estimate of drug-likeness (QED) is 0.837. The van der Waals surface area contributed by atoms with E-state index in [0.29, 0.717) is 19.1 Å². The van der Waals surface area contributed by atoms with Crippen molar-refractivity contribution in [2.75, 3.05) is 13.6 Å². The van der Waals surface area contributed by atoms with Gasteiger partial charge in [-0.15, -0.1) is 0 Å². The first kappa shape index (κ1) is 14.5. The van der Waals surface area contributed by atoms with Gasteiger partial charge in [-0.05, 0) is 62.3 Å². The maximum absolute atomic E-state index is 13.1. The van der Waals surface area contributed by atoms with Crippen LogP contribution in [0.4, 0.5) is 4.39 Å². The van der Waals surface area contributed by atoms with Crippen LogP contribution in [0.15, 0.2) is 24.3 Å². The van der Waals surface area contributed by atoms with Gasteiger partial charge in [0.15, 0.2) is 0 Å². The first-order valence-electron chi connectivity index (χ1n) is 7.84. The molecule has 1 aromatic carbocycles. The van der Waals surface area contributed by atoms with Crippen LogP contribution in [0.1, 0.15) is 31.2 Å². The van der Waals surface area contributed by atoms with Gasteiger partial charge in [-0.2, -0.15) is 0 Å². The Kier molecular flexibility index (Phi) is 4.24. The fraction of sp³-hybridized carbons (Fsp3) is 0.588. The van der Waals surface area contributed by atoms with E-state index in [1.165, 1.54) is 37.8 Å². The van der Waals surface area contributed by atoms with Crippen LogP contribution in [0.25, 0.3) is 0 Å². The number of benzene rings is 1. The molecule has 0 bridgehead atoms. The van der Waals surface area contributed by atoms with Crippen molar-refractivity contribution < 1.29 is 9.18 Å². The number of hydrogen-bond donors (Lipinski definition) is 1. The molecule has 4 heteroatoms. The van der Waals surface area contributed by atoms with Gasteiger partial charge in [-0.3, -0.25) is 9.69 Å². The number of rotatable bonds is 7. The van der Waals surface area contributed by atoms with Crippen LogP contribution < -0.4 is 5.32 Å². The van der Waals surface area contributed by atoms with E-state index >= 15 is 0 Å². The van der Waals surface area contributed by atoms with Gasteiger partial charge in [0.25, 0.3) is 0 Å². The largest absolute Gasteiger partial charge is 0.352 e. The van der Waals surface area contributed by atoms with E-state index in [-0.39, 0.29) is 11.7 Å². The predicted molar refractivity (Wildman–Crippen MR) is 80.1 cm³/mol. The summed E-state index contributed by atoms with van der Waals surface area (Å²) in [7, 11) is 1.90. The van der Waals surface area contributed by atoms with Crippen LogP contribution in [0.3, 0.4) is 0 Å². The lowest BCUT2D eigenvalue weighted by molar-refractivity contribution is -0.123. The SMILES string of the molecule is CN(CC(=O)NC(C1CC1)C1CC1)Cc1cccc(F)c1. The van der Waals surface area contributed by atoms with Gasteiger partial charge in [-0.1, -0.05) is 12.1 Å². The minimum absolute atomic E-state index is 0.0951. The molecule has 1 N–H and O–H groups in total. The zero-order chi connectivity index (χ0) is 14.8. The van der Waals surface area contributed by atoms with Crippen molar-refractivity contribution in [2.24, 2.45) is 11.8 Å². The van der Waals surface area contributed by atoms with Gasteiger partial charge in [0.2, 0.25) is 5.91 Å². The van der Waals surface area contributed by atoms with E-state index in [2.05, 4.69) is 5.32 Å². The summed E-state index contributed by atoms with van der Waals surface area (Å²) < 4.78 is 13.1. The molecule has 0 radical (unpaired) electrons. The number of likely N-dealkylation sites (N-methyl/N-ethyl adjacent to an activating group) is 1. The molecular formula is C17H23FN2O. The molecule has 0 unspecified atom stereocenters. The Bertz CT molecular complexity index is 499. The molecule has 0 aliphatic heterocycles. The van der Waals surface area contributed by atoms with Crippen molar-refractivity contribution >= 4 is 5.91 Å². The van der Waals surface area contributed by atoms with Crippen LogP contribution in [-0.2, 0) is 11.3 Å². The smallest absolute Gasteiger partial charge is 0.234 e. The van der Waals surface area contributed by atoms with Crippen molar-refractivity contribution in [2.45, 2.75) is 38.3 Å². The minimum Gasteiger partial charge on any atom is -0.352 e. The Morgan fingerprint density at radius 3 is 2.57 bits per heavy atom. The molecule has 2 aliphatic carbocycles. The van der Waals surface area contributed by atoms with Crippen molar-refractivity contribution in [3.8, 4) is 0 Å². The third-order valence-corrected chi connectivity index (χ3v) is 4.34. The van der Waals surface area contributed by atoms with E-state index in [0.717, 1.165) is 17.4 Å². The summed E-state index contributed by atoms with van der Waals surface area (Å²) in [5.41, 5.74) is 0.895. The second-order valence-electron chi connectivity index (χ2n) is 6.57. The summed E-state index contributed by atoms with van der Waals surface area (Å²) in [6.45, 7) is 0.954. The summed E-state index contributed by atoms with van der Waals surface area (Å²) in [6.07, 6.45) is 5.06.